The number of rotatable bonds is 9. The number of hydrogen-bond acceptors (Lipinski definition) is 5. The van der Waals surface area contributed by atoms with Crippen molar-refractivity contribution in [3.8, 4) is 0 Å². The van der Waals surface area contributed by atoms with Crippen LogP contribution in [-0.2, 0) is 25.5 Å². The minimum atomic E-state index is -0.384. The molecule has 0 bridgehead atoms. The van der Waals surface area contributed by atoms with Gasteiger partial charge in [0, 0.05) is 0 Å². The average molecular weight is 360 g/mol. The van der Waals surface area contributed by atoms with E-state index in [1.807, 2.05) is 25.7 Å². The van der Waals surface area contributed by atoms with Crippen molar-refractivity contribution < 1.29 is 19.1 Å². The molecule has 1 aromatic carbocycles. The number of esters is 1. The topological polar surface area (TPSA) is 66.9 Å². The number of nitrogens with zero attached hydrogens (tertiary/aromatic N) is 2. The summed E-state index contributed by atoms with van der Waals surface area (Å²) in [7, 11) is 0. The normalized spacial score (nSPS) is 17.2. The molecule has 1 aliphatic rings. The monoisotopic (exact) mass is 360 g/mol. The van der Waals surface area contributed by atoms with E-state index in [-0.39, 0.29) is 36.7 Å². The molecular weight excluding hydrogens is 332 g/mol. The van der Waals surface area contributed by atoms with E-state index in [0.717, 1.165) is 31.5 Å². The molecule has 1 saturated heterocycles. The van der Waals surface area contributed by atoms with E-state index in [4.69, 9.17) is 4.74 Å². The van der Waals surface area contributed by atoms with Crippen LogP contribution in [0.3, 0.4) is 0 Å². The number of anilines is 1. The molecule has 0 aliphatic carbocycles. The van der Waals surface area contributed by atoms with Gasteiger partial charge in [-0.05, 0) is 37.2 Å². The summed E-state index contributed by atoms with van der Waals surface area (Å²) in [5, 5.41) is 0. The van der Waals surface area contributed by atoms with Crippen molar-refractivity contribution in [2.75, 3.05) is 24.6 Å². The largest absolute Gasteiger partial charge is 0.465 e. The predicted octanol–water partition coefficient (Wildman–Crippen LogP) is 2.55. The summed E-state index contributed by atoms with van der Waals surface area (Å²) in [6, 6.07) is 6.58. The van der Waals surface area contributed by atoms with Crippen LogP contribution in [0, 0.1) is 0 Å². The van der Waals surface area contributed by atoms with E-state index in [1.165, 1.54) is 4.90 Å². The van der Waals surface area contributed by atoms with Gasteiger partial charge in [0.05, 0.1) is 31.2 Å². The van der Waals surface area contributed by atoms with E-state index in [2.05, 4.69) is 0 Å². The van der Waals surface area contributed by atoms with Gasteiger partial charge in [-0.2, -0.15) is 0 Å². The Bertz CT molecular complexity index is 638. The fourth-order valence-corrected chi connectivity index (χ4v) is 3.15. The van der Waals surface area contributed by atoms with Crippen molar-refractivity contribution in [3.05, 3.63) is 29.8 Å². The van der Waals surface area contributed by atoms with Gasteiger partial charge in [0.2, 0.25) is 5.91 Å². The van der Waals surface area contributed by atoms with Crippen LogP contribution >= 0.6 is 0 Å². The molecule has 142 valence electrons. The van der Waals surface area contributed by atoms with Gasteiger partial charge >= 0.3 is 5.97 Å². The van der Waals surface area contributed by atoms with Crippen LogP contribution < -0.4 is 4.90 Å². The highest BCUT2D eigenvalue weighted by molar-refractivity contribution is 6.22. The molecule has 2 rings (SSSR count). The van der Waals surface area contributed by atoms with Gasteiger partial charge in [-0.25, -0.2) is 4.90 Å². The third-order valence-electron chi connectivity index (χ3n) is 4.68. The number of ether oxygens (including phenoxy) is 1. The molecule has 1 atom stereocenters. The summed E-state index contributed by atoms with van der Waals surface area (Å²) in [6.07, 6.45) is 2.24. The van der Waals surface area contributed by atoms with Crippen molar-refractivity contribution in [2.45, 2.75) is 52.5 Å². The predicted molar refractivity (Wildman–Crippen MR) is 99.8 cm³/mol. The molecule has 0 radical (unpaired) electrons. The maximum atomic E-state index is 12.7. The van der Waals surface area contributed by atoms with Crippen LogP contribution in [0.15, 0.2) is 24.3 Å². The van der Waals surface area contributed by atoms with Crippen molar-refractivity contribution in [1.29, 1.82) is 0 Å². The summed E-state index contributed by atoms with van der Waals surface area (Å²) >= 11 is 0. The van der Waals surface area contributed by atoms with Gasteiger partial charge in [-0.1, -0.05) is 39.3 Å². The smallest absolute Gasteiger partial charge is 0.310 e. The Morgan fingerprint density at radius 2 is 1.81 bits per heavy atom. The molecule has 0 N–H and O–H groups in total. The maximum Gasteiger partial charge on any atom is 0.310 e. The fraction of sp³-hybridized carbons (Fsp3) is 0.550. The van der Waals surface area contributed by atoms with Crippen LogP contribution in [0.2, 0.25) is 0 Å². The molecule has 6 heteroatoms. The highest BCUT2D eigenvalue weighted by Gasteiger charge is 2.41. The number of likely N-dealkylation sites (N-methyl/N-ethyl adjacent to an activating group) is 1. The molecule has 6 nitrogen and oxygen atoms in total. The average Bonchev–Trinajstić information content (AvgIpc) is 2.92. The van der Waals surface area contributed by atoms with E-state index in [0.29, 0.717) is 12.3 Å². The summed E-state index contributed by atoms with van der Waals surface area (Å²) in [5.74, 6) is -0.620. The van der Waals surface area contributed by atoms with E-state index < -0.39 is 0 Å². The molecule has 1 heterocycles. The zero-order valence-electron chi connectivity index (χ0n) is 15.9. The molecular formula is C20H28N2O4. The summed E-state index contributed by atoms with van der Waals surface area (Å²) < 4.78 is 5.15. The Morgan fingerprint density at radius 3 is 2.38 bits per heavy atom. The zero-order valence-corrected chi connectivity index (χ0v) is 15.9. The van der Waals surface area contributed by atoms with Crippen molar-refractivity contribution >= 4 is 23.5 Å². The number of carbonyl (C=O) groups is 3. The Balaban J connectivity index is 2.02. The van der Waals surface area contributed by atoms with E-state index in [1.54, 1.807) is 24.3 Å². The SMILES string of the molecule is CCCCOC(=O)Cc1ccc(N2C(=O)C[C@@H](N(CC)CC)C2=O)cc1. The lowest BCUT2D eigenvalue weighted by Gasteiger charge is -2.24. The number of imide groups is 1. The highest BCUT2D eigenvalue weighted by Crippen LogP contribution is 2.26. The van der Waals surface area contributed by atoms with Crippen LogP contribution in [-0.4, -0.2) is 48.4 Å². The second-order valence-corrected chi connectivity index (χ2v) is 6.43. The standard InChI is InChI=1S/C20H28N2O4/c1-4-7-12-26-19(24)13-15-8-10-16(11-9-15)22-18(23)14-17(20(22)25)21(5-2)6-3/h8-11,17H,4-7,12-14H2,1-3H3/t17-/m1/s1. The quantitative estimate of drug-likeness (QED) is 0.385. The molecule has 0 saturated carbocycles. The summed E-state index contributed by atoms with van der Waals surface area (Å²) in [4.78, 5) is 40.0. The Morgan fingerprint density at radius 1 is 1.15 bits per heavy atom. The lowest BCUT2D eigenvalue weighted by molar-refractivity contribution is -0.143. The Labute approximate surface area is 155 Å². The number of benzene rings is 1. The number of carbonyl (C=O) groups excluding carboxylic acids is 3. The second-order valence-electron chi connectivity index (χ2n) is 6.43. The Hall–Kier alpha value is -2.21. The van der Waals surface area contributed by atoms with Gasteiger partial charge in [-0.15, -0.1) is 0 Å². The van der Waals surface area contributed by atoms with Crippen molar-refractivity contribution in [2.24, 2.45) is 0 Å². The molecule has 2 amide bonds. The van der Waals surface area contributed by atoms with Gasteiger partial charge in [0.25, 0.3) is 5.91 Å². The molecule has 26 heavy (non-hydrogen) atoms. The summed E-state index contributed by atoms with van der Waals surface area (Å²) in [6.45, 7) is 7.91. The van der Waals surface area contributed by atoms with Crippen molar-refractivity contribution in [1.82, 2.24) is 4.90 Å². The zero-order chi connectivity index (χ0) is 19.1. The summed E-state index contributed by atoms with van der Waals surface area (Å²) in [5.41, 5.74) is 1.35. The van der Waals surface area contributed by atoms with Crippen LogP contribution in [0.4, 0.5) is 5.69 Å². The number of hydrogen-bond donors (Lipinski definition) is 0. The number of unbranched alkanes of at least 4 members (excludes halogenated alkanes) is 1. The van der Waals surface area contributed by atoms with Crippen LogP contribution in [0.5, 0.6) is 0 Å². The number of amides is 2. The fourth-order valence-electron chi connectivity index (χ4n) is 3.15. The minimum Gasteiger partial charge on any atom is -0.465 e. The van der Waals surface area contributed by atoms with Crippen LogP contribution in [0.25, 0.3) is 0 Å². The first-order valence-corrected chi connectivity index (χ1v) is 9.37. The minimum absolute atomic E-state index is 0.176. The van der Waals surface area contributed by atoms with Gasteiger partial charge < -0.3 is 4.74 Å². The lowest BCUT2D eigenvalue weighted by Crippen LogP contribution is -2.42. The highest BCUT2D eigenvalue weighted by atomic mass is 16.5. The molecule has 0 spiro atoms. The first-order chi connectivity index (χ1) is 12.5. The van der Waals surface area contributed by atoms with E-state index in [9.17, 15) is 14.4 Å². The second kappa shape index (κ2) is 9.48. The molecule has 0 aromatic heterocycles. The first kappa shape index (κ1) is 20.1. The lowest BCUT2D eigenvalue weighted by atomic mass is 10.1. The molecule has 0 unspecified atom stereocenters. The maximum absolute atomic E-state index is 12.7. The molecule has 1 fully saturated rings. The third kappa shape index (κ3) is 4.69. The van der Waals surface area contributed by atoms with Crippen molar-refractivity contribution in [3.63, 3.8) is 0 Å². The van der Waals surface area contributed by atoms with E-state index >= 15 is 0 Å². The Kier molecular flexibility index (Phi) is 7.33. The first-order valence-electron chi connectivity index (χ1n) is 9.37. The molecule has 1 aliphatic heterocycles. The van der Waals surface area contributed by atoms with Gasteiger partial charge in [0.1, 0.15) is 0 Å². The van der Waals surface area contributed by atoms with Gasteiger partial charge in [-0.3, -0.25) is 19.3 Å². The van der Waals surface area contributed by atoms with Crippen LogP contribution in [0.1, 0.15) is 45.6 Å². The molecule has 1 aromatic rings. The third-order valence-corrected chi connectivity index (χ3v) is 4.68. The van der Waals surface area contributed by atoms with Gasteiger partial charge in [0.15, 0.2) is 0 Å².